The summed E-state index contributed by atoms with van der Waals surface area (Å²) in [6, 6.07) is 35.1. The number of aliphatic hydroxyl groups is 1. The lowest BCUT2D eigenvalue weighted by atomic mass is 9.69. The third-order valence-electron chi connectivity index (χ3n) is 15.2. The first-order valence-corrected chi connectivity index (χ1v) is 24.0. The number of fused-ring (bicyclic) bond motifs is 4. The number of benzene rings is 4. The van der Waals surface area contributed by atoms with Crippen molar-refractivity contribution in [3.05, 3.63) is 153 Å². The summed E-state index contributed by atoms with van der Waals surface area (Å²) in [5, 5.41) is 32.1. The van der Waals surface area contributed by atoms with Gasteiger partial charge in [-0.15, -0.1) is 21.5 Å². The molecule has 0 unspecified atom stereocenters. The van der Waals surface area contributed by atoms with Gasteiger partial charge in [-0.25, -0.2) is 0 Å². The fourth-order valence-corrected chi connectivity index (χ4v) is 12.8. The molecular formula is C53H59N7O2S. The van der Waals surface area contributed by atoms with E-state index in [1.807, 2.05) is 19.1 Å². The second-order valence-corrected chi connectivity index (χ2v) is 20.6. The fraction of sp³-hybridized carbons (Fsp3) is 0.415. The topological polar surface area (TPSA) is 93.2 Å². The highest BCUT2D eigenvalue weighted by Gasteiger charge is 2.40. The standard InChI is InChI=1S/C53H59N7O2S/c1-33-35(3)63-52-48(33)50(54-34(2)51-56-55-36(4)60(51)52)41-12-17-44(18-13-41)58-29-37(30-58)27-53(62)22-24-57(25-23-53)28-38-31-59(32-38)43-15-10-40(11-16-43)49-46(39-8-6-5-7-9-39)20-14-42-26-45(61)19-21-47(42)49/h5-13,15-19,21,26,34,37-38,46,49,61-62H,14,20,22-25,27-32H2,1-4H3/t34-,46+,49-/m0/s1. The van der Waals surface area contributed by atoms with E-state index in [9.17, 15) is 10.2 Å². The third-order valence-corrected chi connectivity index (χ3v) is 16.4. The lowest BCUT2D eigenvalue weighted by Crippen LogP contribution is -2.55. The molecule has 1 aliphatic carbocycles. The maximum Gasteiger partial charge on any atom is 0.162 e. The molecule has 2 N–H and O–H groups in total. The van der Waals surface area contributed by atoms with Crippen molar-refractivity contribution in [2.24, 2.45) is 16.8 Å². The molecule has 2 aromatic heterocycles. The normalized spacial score (nSPS) is 22.4. The number of aryl methyl sites for hydroxylation is 3. The average Bonchev–Trinajstić information content (AvgIpc) is 3.76. The van der Waals surface area contributed by atoms with Crippen LogP contribution in [0.4, 0.5) is 11.4 Å². The molecule has 63 heavy (non-hydrogen) atoms. The van der Waals surface area contributed by atoms with Crippen LogP contribution in [-0.2, 0) is 6.42 Å². The lowest BCUT2D eigenvalue weighted by molar-refractivity contribution is -0.0444. The van der Waals surface area contributed by atoms with E-state index < -0.39 is 5.60 Å². The maximum absolute atomic E-state index is 11.8. The second kappa shape index (κ2) is 16.1. The molecule has 0 saturated carbocycles. The molecule has 6 heterocycles. The van der Waals surface area contributed by atoms with E-state index in [2.05, 4.69) is 135 Å². The second-order valence-electron chi connectivity index (χ2n) is 19.4. The van der Waals surface area contributed by atoms with E-state index >= 15 is 0 Å². The van der Waals surface area contributed by atoms with Crippen LogP contribution in [0.25, 0.3) is 5.00 Å². The highest BCUT2D eigenvalue weighted by Crippen LogP contribution is 2.48. The fourth-order valence-electron chi connectivity index (χ4n) is 11.5. The molecule has 11 rings (SSSR count). The van der Waals surface area contributed by atoms with Gasteiger partial charge in [-0.3, -0.25) is 9.56 Å². The number of hydrogen-bond acceptors (Lipinski definition) is 9. The van der Waals surface area contributed by atoms with Crippen molar-refractivity contribution >= 4 is 28.4 Å². The molecule has 4 aromatic carbocycles. The summed E-state index contributed by atoms with van der Waals surface area (Å²) < 4.78 is 2.20. The number of piperidine rings is 1. The quantitative estimate of drug-likeness (QED) is 0.150. The number of phenolic OH excluding ortho intramolecular Hbond substituents is 1. The van der Waals surface area contributed by atoms with Crippen molar-refractivity contribution in [2.75, 3.05) is 55.6 Å². The molecule has 3 saturated heterocycles. The van der Waals surface area contributed by atoms with Gasteiger partial charge in [-0.1, -0.05) is 60.7 Å². The Morgan fingerprint density at radius 1 is 0.778 bits per heavy atom. The van der Waals surface area contributed by atoms with Crippen molar-refractivity contribution in [2.45, 2.75) is 83.3 Å². The number of anilines is 2. The van der Waals surface area contributed by atoms with Crippen molar-refractivity contribution in [1.29, 1.82) is 0 Å². The Labute approximate surface area is 375 Å². The molecule has 9 nitrogen and oxygen atoms in total. The molecule has 3 fully saturated rings. The van der Waals surface area contributed by atoms with Crippen LogP contribution >= 0.6 is 11.3 Å². The zero-order chi connectivity index (χ0) is 43.0. The molecule has 0 amide bonds. The van der Waals surface area contributed by atoms with Crippen molar-refractivity contribution in [3.8, 4) is 10.8 Å². The average molecular weight is 858 g/mol. The Hall–Kier alpha value is -5.29. The molecule has 6 aromatic rings. The molecule has 0 bridgehead atoms. The van der Waals surface area contributed by atoms with Crippen LogP contribution in [0.1, 0.15) is 106 Å². The van der Waals surface area contributed by atoms with Gasteiger partial charge in [-0.05, 0) is 136 Å². The first kappa shape index (κ1) is 40.5. The number of rotatable bonds is 9. The number of hydrogen-bond donors (Lipinski definition) is 2. The molecule has 5 aliphatic rings. The van der Waals surface area contributed by atoms with Crippen molar-refractivity contribution in [3.63, 3.8) is 0 Å². The largest absolute Gasteiger partial charge is 0.508 e. The first-order valence-electron chi connectivity index (χ1n) is 23.2. The van der Waals surface area contributed by atoms with Crippen LogP contribution in [0.2, 0.25) is 0 Å². The predicted octanol–water partition coefficient (Wildman–Crippen LogP) is 9.52. The number of aromatic nitrogens is 3. The van der Waals surface area contributed by atoms with Gasteiger partial charge >= 0.3 is 0 Å². The number of phenols is 1. The smallest absolute Gasteiger partial charge is 0.162 e. The minimum Gasteiger partial charge on any atom is -0.508 e. The molecule has 0 spiro atoms. The zero-order valence-electron chi connectivity index (χ0n) is 37.0. The lowest BCUT2D eigenvalue weighted by Gasteiger charge is -2.48. The Kier molecular flexibility index (Phi) is 10.3. The molecule has 10 heteroatoms. The van der Waals surface area contributed by atoms with Crippen LogP contribution < -0.4 is 9.80 Å². The summed E-state index contributed by atoms with van der Waals surface area (Å²) in [5.41, 5.74) is 12.0. The summed E-state index contributed by atoms with van der Waals surface area (Å²) in [6.45, 7) is 15.8. The van der Waals surface area contributed by atoms with E-state index in [4.69, 9.17) is 4.99 Å². The first-order chi connectivity index (χ1) is 30.6. The van der Waals surface area contributed by atoms with Crippen LogP contribution in [0.3, 0.4) is 0 Å². The molecule has 324 valence electrons. The SMILES string of the molecule is Cc1sc2c(c1C)C(c1ccc(N3CC(CC4(O)CCN(CC5CN(c6ccc([C@@H]7c8ccc(O)cc8CC[C@@H]7c7ccccc7)cc6)C5)CC4)C3)cc1)=N[C@@H](C)c1nnc(C)n1-2. The number of aromatic hydroxyl groups is 1. The van der Waals surface area contributed by atoms with E-state index in [0.717, 1.165) is 101 Å². The Balaban J connectivity index is 0.658. The highest BCUT2D eigenvalue weighted by molar-refractivity contribution is 7.15. The summed E-state index contributed by atoms with van der Waals surface area (Å²) in [6.07, 6.45) is 4.68. The van der Waals surface area contributed by atoms with Crippen LogP contribution in [-0.4, -0.2) is 87.0 Å². The Morgan fingerprint density at radius 2 is 1.46 bits per heavy atom. The van der Waals surface area contributed by atoms with Crippen LogP contribution in [0, 0.1) is 32.6 Å². The number of aliphatic imine (C=N–C) groups is 1. The van der Waals surface area contributed by atoms with Crippen LogP contribution in [0.15, 0.2) is 102 Å². The van der Waals surface area contributed by atoms with Gasteiger partial charge in [0.1, 0.15) is 22.6 Å². The summed E-state index contributed by atoms with van der Waals surface area (Å²) in [5.74, 6) is 4.01. The van der Waals surface area contributed by atoms with Crippen LogP contribution in [0.5, 0.6) is 5.75 Å². The molecule has 3 atom stereocenters. The van der Waals surface area contributed by atoms with Gasteiger partial charge in [0, 0.05) is 85.0 Å². The minimum atomic E-state index is -0.562. The van der Waals surface area contributed by atoms with Gasteiger partial charge < -0.3 is 24.9 Å². The van der Waals surface area contributed by atoms with Crippen molar-refractivity contribution in [1.82, 2.24) is 19.7 Å². The van der Waals surface area contributed by atoms with Gasteiger partial charge in [0.15, 0.2) is 5.82 Å². The van der Waals surface area contributed by atoms with E-state index in [1.54, 1.807) is 11.3 Å². The summed E-state index contributed by atoms with van der Waals surface area (Å²) >= 11 is 1.80. The summed E-state index contributed by atoms with van der Waals surface area (Å²) in [7, 11) is 0. The maximum atomic E-state index is 11.8. The van der Waals surface area contributed by atoms with E-state index in [-0.39, 0.29) is 12.0 Å². The molecule has 0 radical (unpaired) electrons. The van der Waals surface area contributed by atoms with Gasteiger partial charge in [0.2, 0.25) is 0 Å². The van der Waals surface area contributed by atoms with Gasteiger partial charge in [-0.2, -0.15) is 0 Å². The number of thiophene rings is 1. The highest BCUT2D eigenvalue weighted by atomic mass is 32.1. The summed E-state index contributed by atoms with van der Waals surface area (Å²) in [4.78, 5) is 14.1. The third kappa shape index (κ3) is 7.47. The molecule has 4 aliphatic heterocycles. The number of nitrogens with zero attached hydrogens (tertiary/aromatic N) is 7. The Bertz CT molecular complexity index is 2650. The number of likely N-dealkylation sites (tertiary alicyclic amines) is 1. The van der Waals surface area contributed by atoms with E-state index in [1.165, 1.54) is 54.6 Å². The van der Waals surface area contributed by atoms with E-state index in [0.29, 0.717) is 23.5 Å². The molecular weight excluding hydrogens is 799 g/mol. The van der Waals surface area contributed by atoms with Gasteiger partial charge in [0.25, 0.3) is 0 Å². The predicted molar refractivity (Wildman–Crippen MR) is 254 cm³/mol. The van der Waals surface area contributed by atoms with Gasteiger partial charge in [0.05, 0.1) is 11.3 Å². The monoisotopic (exact) mass is 857 g/mol. The van der Waals surface area contributed by atoms with Crippen molar-refractivity contribution < 1.29 is 10.2 Å². The minimum absolute atomic E-state index is 0.0911. The Morgan fingerprint density at radius 3 is 2.17 bits per heavy atom. The zero-order valence-corrected chi connectivity index (χ0v) is 37.9.